The maximum atomic E-state index is 12.4. The van der Waals surface area contributed by atoms with Gasteiger partial charge >= 0.3 is 5.97 Å². The monoisotopic (exact) mass is 419 g/mol. The fraction of sp³-hybridized carbons (Fsp3) is 0.450. The van der Waals surface area contributed by atoms with Crippen molar-refractivity contribution in [1.82, 2.24) is 5.16 Å². The molecule has 0 saturated carbocycles. The lowest BCUT2D eigenvalue weighted by Crippen LogP contribution is -2.36. The van der Waals surface area contributed by atoms with Crippen LogP contribution in [0.4, 0.5) is 11.4 Å². The molecule has 0 atom stereocenters. The summed E-state index contributed by atoms with van der Waals surface area (Å²) < 4.78 is 15.4. The van der Waals surface area contributed by atoms with Crippen LogP contribution in [0, 0.1) is 13.8 Å². The average Bonchev–Trinajstić information content (AvgIpc) is 3.06. The van der Waals surface area contributed by atoms with Crippen LogP contribution < -0.4 is 10.2 Å². The number of ether oxygens (including phenoxy) is 2. The van der Waals surface area contributed by atoms with E-state index in [1.54, 1.807) is 12.1 Å². The van der Waals surface area contributed by atoms with Crippen molar-refractivity contribution < 1.29 is 23.6 Å². The Morgan fingerprint density at radius 2 is 2.03 bits per heavy atom. The van der Waals surface area contributed by atoms with Crippen molar-refractivity contribution in [3.8, 4) is 0 Å². The number of aromatic nitrogens is 1. The number of methoxy groups -OCH3 is 1. The molecule has 9 heteroatoms. The molecule has 0 aliphatic carbocycles. The van der Waals surface area contributed by atoms with Crippen molar-refractivity contribution in [1.29, 1.82) is 0 Å². The number of rotatable bonds is 7. The van der Waals surface area contributed by atoms with Gasteiger partial charge in [0, 0.05) is 30.1 Å². The Balaban J connectivity index is 1.65. The summed E-state index contributed by atoms with van der Waals surface area (Å²) in [5.74, 6) is 0.969. The SMILES string of the molecule is COC(=O)c1cc(N2CCOCC2)ccc1NC(=O)CSCc1c(C)noc1C. The molecule has 156 valence electrons. The van der Waals surface area contributed by atoms with Gasteiger partial charge in [-0.3, -0.25) is 4.79 Å². The number of aryl methyl sites for hydroxylation is 2. The summed E-state index contributed by atoms with van der Waals surface area (Å²) in [5, 5.41) is 6.74. The molecule has 1 saturated heterocycles. The molecular formula is C20H25N3O5S. The van der Waals surface area contributed by atoms with Crippen LogP contribution in [0.3, 0.4) is 0 Å². The second kappa shape index (κ2) is 9.80. The predicted octanol–water partition coefficient (Wildman–Crippen LogP) is 2.79. The molecule has 1 amide bonds. The van der Waals surface area contributed by atoms with E-state index in [0.29, 0.717) is 30.2 Å². The summed E-state index contributed by atoms with van der Waals surface area (Å²) in [6.07, 6.45) is 0. The minimum atomic E-state index is -0.487. The van der Waals surface area contributed by atoms with Crippen molar-refractivity contribution in [2.45, 2.75) is 19.6 Å². The number of hydrogen-bond acceptors (Lipinski definition) is 8. The second-order valence-electron chi connectivity index (χ2n) is 6.66. The van der Waals surface area contributed by atoms with Crippen molar-refractivity contribution in [2.24, 2.45) is 0 Å². The Morgan fingerprint density at radius 3 is 2.69 bits per heavy atom. The van der Waals surface area contributed by atoms with Crippen molar-refractivity contribution in [3.05, 3.63) is 40.8 Å². The Kier molecular flexibility index (Phi) is 7.16. The lowest BCUT2D eigenvalue weighted by Gasteiger charge is -2.29. The number of anilines is 2. The Labute approximate surface area is 173 Å². The standard InChI is InChI=1S/C20H25N3O5S/c1-13-17(14(2)28-22-13)11-29-12-19(24)21-18-5-4-15(10-16(18)20(25)26-3)23-6-8-27-9-7-23/h4-5,10H,6-9,11-12H2,1-3H3,(H,21,24). The van der Waals surface area contributed by atoms with E-state index >= 15 is 0 Å². The van der Waals surface area contributed by atoms with Gasteiger partial charge in [-0.15, -0.1) is 11.8 Å². The van der Waals surface area contributed by atoms with E-state index in [2.05, 4.69) is 15.4 Å². The first kappa shape index (κ1) is 21.2. The molecule has 0 bridgehead atoms. The zero-order valence-corrected chi connectivity index (χ0v) is 17.6. The van der Waals surface area contributed by atoms with Gasteiger partial charge in [-0.25, -0.2) is 4.79 Å². The lowest BCUT2D eigenvalue weighted by atomic mass is 10.1. The number of morpholine rings is 1. The molecule has 2 aromatic rings. The normalized spacial score (nSPS) is 14.0. The molecule has 0 spiro atoms. The minimum Gasteiger partial charge on any atom is -0.465 e. The van der Waals surface area contributed by atoms with Crippen molar-refractivity contribution >= 4 is 35.0 Å². The number of carbonyl (C=O) groups is 2. The summed E-state index contributed by atoms with van der Waals surface area (Å²) in [5.41, 5.74) is 3.52. The van der Waals surface area contributed by atoms with Crippen LogP contribution in [0.15, 0.2) is 22.7 Å². The molecule has 1 aromatic heterocycles. The largest absolute Gasteiger partial charge is 0.465 e. The first-order valence-electron chi connectivity index (χ1n) is 9.34. The molecule has 2 heterocycles. The number of thioether (sulfide) groups is 1. The zero-order valence-electron chi connectivity index (χ0n) is 16.8. The molecule has 29 heavy (non-hydrogen) atoms. The van der Waals surface area contributed by atoms with Crippen molar-refractivity contribution in [2.75, 3.05) is 49.4 Å². The highest BCUT2D eigenvalue weighted by Crippen LogP contribution is 2.26. The highest BCUT2D eigenvalue weighted by Gasteiger charge is 2.19. The summed E-state index contributed by atoms with van der Waals surface area (Å²) >= 11 is 1.46. The van der Waals surface area contributed by atoms with E-state index in [9.17, 15) is 9.59 Å². The topological polar surface area (TPSA) is 93.9 Å². The first-order valence-corrected chi connectivity index (χ1v) is 10.5. The lowest BCUT2D eigenvalue weighted by molar-refractivity contribution is -0.113. The van der Waals surface area contributed by atoms with Crippen molar-refractivity contribution in [3.63, 3.8) is 0 Å². The van der Waals surface area contributed by atoms with E-state index in [1.807, 2.05) is 19.9 Å². The third-order valence-electron chi connectivity index (χ3n) is 4.72. The minimum absolute atomic E-state index is 0.189. The summed E-state index contributed by atoms with van der Waals surface area (Å²) in [4.78, 5) is 26.8. The number of hydrogen-bond donors (Lipinski definition) is 1. The molecule has 1 fully saturated rings. The highest BCUT2D eigenvalue weighted by molar-refractivity contribution is 7.99. The van der Waals surface area contributed by atoms with Crippen LogP contribution >= 0.6 is 11.8 Å². The zero-order chi connectivity index (χ0) is 20.8. The van der Waals surface area contributed by atoms with Gasteiger partial charge in [-0.05, 0) is 32.0 Å². The van der Waals surface area contributed by atoms with Gasteiger partial charge in [0.05, 0.1) is 43.0 Å². The molecule has 3 rings (SSSR count). The predicted molar refractivity (Wildman–Crippen MR) is 112 cm³/mol. The number of nitrogens with zero attached hydrogens (tertiary/aromatic N) is 2. The van der Waals surface area contributed by atoms with Crippen LogP contribution in [-0.4, -0.2) is 56.2 Å². The van der Waals surface area contributed by atoms with Crippen LogP contribution in [0.2, 0.25) is 0 Å². The number of benzene rings is 1. The number of amides is 1. The molecular weight excluding hydrogens is 394 g/mol. The molecule has 1 aliphatic heterocycles. The molecule has 1 aliphatic rings. The van der Waals surface area contributed by atoms with E-state index in [0.717, 1.165) is 35.8 Å². The van der Waals surface area contributed by atoms with Crippen LogP contribution in [0.5, 0.6) is 0 Å². The second-order valence-corrected chi connectivity index (χ2v) is 7.65. The number of esters is 1. The highest BCUT2D eigenvalue weighted by atomic mass is 32.2. The van der Waals surface area contributed by atoms with Gasteiger partial charge in [0.25, 0.3) is 0 Å². The molecule has 0 radical (unpaired) electrons. The molecule has 1 N–H and O–H groups in total. The maximum absolute atomic E-state index is 12.4. The Bertz CT molecular complexity index is 857. The van der Waals surface area contributed by atoms with Gasteiger partial charge in [-0.2, -0.15) is 0 Å². The summed E-state index contributed by atoms with van der Waals surface area (Å²) in [7, 11) is 1.33. The Hall–Kier alpha value is -2.52. The van der Waals surface area contributed by atoms with E-state index < -0.39 is 5.97 Å². The summed E-state index contributed by atoms with van der Waals surface area (Å²) in [6, 6.07) is 5.39. The number of carbonyl (C=O) groups excluding carboxylic acids is 2. The third kappa shape index (κ3) is 5.30. The summed E-state index contributed by atoms with van der Waals surface area (Å²) in [6.45, 7) is 6.54. The third-order valence-corrected chi connectivity index (χ3v) is 5.68. The van der Waals surface area contributed by atoms with Crippen LogP contribution in [0.25, 0.3) is 0 Å². The fourth-order valence-electron chi connectivity index (χ4n) is 3.08. The van der Waals surface area contributed by atoms with Gasteiger partial charge in [0.15, 0.2) is 0 Å². The van der Waals surface area contributed by atoms with E-state index in [1.165, 1.54) is 18.9 Å². The van der Waals surface area contributed by atoms with Gasteiger partial charge < -0.3 is 24.2 Å². The maximum Gasteiger partial charge on any atom is 0.340 e. The van der Waals surface area contributed by atoms with Crippen LogP contribution in [0.1, 0.15) is 27.4 Å². The number of nitrogens with one attached hydrogen (secondary N) is 1. The van der Waals surface area contributed by atoms with Gasteiger partial charge in [0.2, 0.25) is 5.91 Å². The average molecular weight is 420 g/mol. The van der Waals surface area contributed by atoms with E-state index in [-0.39, 0.29) is 11.7 Å². The smallest absolute Gasteiger partial charge is 0.340 e. The van der Waals surface area contributed by atoms with Gasteiger partial charge in [0.1, 0.15) is 5.76 Å². The first-order chi connectivity index (χ1) is 14.0. The fourth-order valence-corrected chi connectivity index (χ4v) is 4.05. The van der Waals surface area contributed by atoms with E-state index in [4.69, 9.17) is 14.0 Å². The quantitative estimate of drug-likeness (QED) is 0.685. The molecule has 8 nitrogen and oxygen atoms in total. The van der Waals surface area contributed by atoms with Gasteiger partial charge in [-0.1, -0.05) is 5.16 Å². The molecule has 0 unspecified atom stereocenters. The van der Waals surface area contributed by atoms with Crippen LogP contribution in [-0.2, 0) is 20.0 Å². The molecule has 1 aromatic carbocycles. The Morgan fingerprint density at radius 1 is 1.28 bits per heavy atom.